The van der Waals surface area contributed by atoms with Crippen molar-refractivity contribution in [1.29, 1.82) is 0 Å². The molecule has 0 radical (unpaired) electrons. The first-order chi connectivity index (χ1) is 10.2. The number of carboxylic acid groups (broad SMARTS) is 1. The van der Waals surface area contributed by atoms with Crippen LogP contribution in [-0.4, -0.2) is 44.6 Å². The number of carboxylic acids is 1. The summed E-state index contributed by atoms with van der Waals surface area (Å²) < 4.78 is 7.40. The summed E-state index contributed by atoms with van der Waals surface area (Å²) in [7, 11) is 0. The molecule has 0 saturated carbocycles. The van der Waals surface area contributed by atoms with Crippen LogP contribution in [0.3, 0.4) is 0 Å². The number of hydrogen-bond acceptors (Lipinski definition) is 5. The van der Waals surface area contributed by atoms with E-state index in [-0.39, 0.29) is 5.75 Å². The largest absolute Gasteiger partial charge is 0.481 e. The molecule has 7 heteroatoms. The Bertz CT molecular complexity index is 627. The van der Waals surface area contributed by atoms with Crippen LogP contribution in [0.4, 0.5) is 0 Å². The Labute approximate surface area is 126 Å². The highest BCUT2D eigenvalue weighted by molar-refractivity contribution is 7.99. The van der Waals surface area contributed by atoms with Gasteiger partial charge >= 0.3 is 5.97 Å². The Morgan fingerprint density at radius 3 is 3.14 bits per heavy atom. The number of thioether (sulfide) groups is 1. The second kappa shape index (κ2) is 7.80. The third kappa shape index (κ3) is 4.30. The number of pyridine rings is 1. The summed E-state index contributed by atoms with van der Waals surface area (Å²) in [5, 5.41) is 9.46. The minimum Gasteiger partial charge on any atom is -0.481 e. The van der Waals surface area contributed by atoms with E-state index in [0.717, 1.165) is 17.6 Å². The van der Waals surface area contributed by atoms with E-state index in [2.05, 4.69) is 16.5 Å². The maximum Gasteiger partial charge on any atom is 0.313 e. The number of ether oxygens (including phenoxy) is 1. The van der Waals surface area contributed by atoms with Crippen molar-refractivity contribution in [2.24, 2.45) is 0 Å². The van der Waals surface area contributed by atoms with Gasteiger partial charge in [-0.2, -0.15) is 0 Å². The highest BCUT2D eigenvalue weighted by Gasteiger charge is 2.13. The van der Waals surface area contributed by atoms with Gasteiger partial charge in [-0.05, 0) is 18.6 Å². The lowest BCUT2D eigenvalue weighted by Crippen LogP contribution is -2.09. The van der Waals surface area contributed by atoms with Crippen LogP contribution < -0.4 is 0 Å². The quantitative estimate of drug-likeness (QED) is 0.435. The van der Waals surface area contributed by atoms with Crippen molar-refractivity contribution in [2.45, 2.75) is 18.1 Å². The van der Waals surface area contributed by atoms with Crippen LogP contribution in [0, 0.1) is 0 Å². The minimum absolute atomic E-state index is 0.0271. The Kier molecular flexibility index (Phi) is 5.77. The monoisotopic (exact) mass is 307 g/mol. The standard InChI is InChI=1S/C14H17N3O3S/c1-2-3-8-20-9-7-17-13-11(5-4-6-15-13)16-14(17)21-10-12(18)19/h2,4-6H,1,3,7-10H2,(H,18,19). The lowest BCUT2D eigenvalue weighted by Gasteiger charge is -2.08. The Morgan fingerprint density at radius 1 is 1.52 bits per heavy atom. The average molecular weight is 307 g/mol. The zero-order chi connectivity index (χ0) is 15.1. The van der Waals surface area contributed by atoms with Crippen molar-refractivity contribution in [3.8, 4) is 0 Å². The molecule has 0 spiro atoms. The molecule has 0 amide bonds. The van der Waals surface area contributed by atoms with Gasteiger partial charge in [-0.15, -0.1) is 6.58 Å². The third-order valence-corrected chi connectivity index (χ3v) is 3.68. The van der Waals surface area contributed by atoms with Crippen LogP contribution in [0.2, 0.25) is 0 Å². The zero-order valence-electron chi connectivity index (χ0n) is 11.6. The van der Waals surface area contributed by atoms with Gasteiger partial charge in [0.2, 0.25) is 0 Å². The molecular weight excluding hydrogens is 290 g/mol. The molecule has 0 bridgehead atoms. The van der Waals surface area contributed by atoms with Crippen molar-refractivity contribution in [3.05, 3.63) is 31.0 Å². The molecular formula is C14H17N3O3S. The molecule has 2 heterocycles. The zero-order valence-corrected chi connectivity index (χ0v) is 12.4. The van der Waals surface area contributed by atoms with E-state index in [1.54, 1.807) is 6.20 Å². The molecule has 2 aromatic heterocycles. The van der Waals surface area contributed by atoms with Gasteiger partial charge in [0.25, 0.3) is 0 Å². The molecule has 21 heavy (non-hydrogen) atoms. The van der Waals surface area contributed by atoms with Crippen molar-refractivity contribution in [1.82, 2.24) is 14.5 Å². The van der Waals surface area contributed by atoms with Crippen molar-refractivity contribution < 1.29 is 14.6 Å². The fourth-order valence-electron chi connectivity index (χ4n) is 1.80. The minimum atomic E-state index is -0.867. The second-order valence-electron chi connectivity index (χ2n) is 4.26. The number of aliphatic carboxylic acids is 1. The van der Waals surface area contributed by atoms with Crippen LogP contribution in [0.25, 0.3) is 11.2 Å². The summed E-state index contributed by atoms with van der Waals surface area (Å²) in [5.41, 5.74) is 1.51. The molecule has 1 N–H and O–H groups in total. The fourth-order valence-corrected chi connectivity index (χ4v) is 2.55. The normalized spacial score (nSPS) is 10.9. The Morgan fingerprint density at radius 2 is 2.38 bits per heavy atom. The van der Waals surface area contributed by atoms with Crippen LogP contribution in [0.15, 0.2) is 36.1 Å². The van der Waals surface area contributed by atoms with Gasteiger partial charge in [0.05, 0.1) is 25.5 Å². The van der Waals surface area contributed by atoms with E-state index in [1.165, 1.54) is 11.8 Å². The topological polar surface area (TPSA) is 77.2 Å². The number of fused-ring (bicyclic) bond motifs is 1. The molecule has 0 aliphatic rings. The molecule has 0 fully saturated rings. The first-order valence-electron chi connectivity index (χ1n) is 6.57. The average Bonchev–Trinajstić information content (AvgIpc) is 2.83. The molecule has 0 unspecified atom stereocenters. The number of imidazole rings is 1. The van der Waals surface area contributed by atoms with Gasteiger partial charge in [0, 0.05) is 6.20 Å². The molecule has 112 valence electrons. The van der Waals surface area contributed by atoms with Crippen LogP contribution in [0.1, 0.15) is 6.42 Å². The SMILES string of the molecule is C=CCCOCCn1c(SCC(=O)O)nc2cccnc21. The highest BCUT2D eigenvalue weighted by atomic mass is 32.2. The highest BCUT2D eigenvalue weighted by Crippen LogP contribution is 2.22. The van der Waals surface area contributed by atoms with Gasteiger partial charge in [-0.25, -0.2) is 9.97 Å². The van der Waals surface area contributed by atoms with Crippen molar-refractivity contribution in [3.63, 3.8) is 0 Å². The van der Waals surface area contributed by atoms with Crippen LogP contribution in [-0.2, 0) is 16.1 Å². The smallest absolute Gasteiger partial charge is 0.313 e. The van der Waals surface area contributed by atoms with Gasteiger partial charge in [-0.1, -0.05) is 17.8 Å². The molecule has 0 aliphatic carbocycles. The number of rotatable bonds is 9. The summed E-state index contributed by atoms with van der Waals surface area (Å²) in [6.07, 6.45) is 4.32. The van der Waals surface area contributed by atoms with Crippen molar-refractivity contribution in [2.75, 3.05) is 19.0 Å². The lowest BCUT2D eigenvalue weighted by atomic mass is 10.4. The molecule has 0 saturated heterocycles. The summed E-state index contributed by atoms with van der Waals surface area (Å²) in [5.74, 6) is -0.894. The number of nitrogens with zero attached hydrogens (tertiary/aromatic N) is 3. The fraction of sp³-hybridized carbons (Fsp3) is 0.357. The van der Waals surface area contributed by atoms with E-state index >= 15 is 0 Å². The van der Waals surface area contributed by atoms with Crippen LogP contribution in [0.5, 0.6) is 0 Å². The van der Waals surface area contributed by atoms with E-state index in [4.69, 9.17) is 9.84 Å². The maximum atomic E-state index is 10.7. The van der Waals surface area contributed by atoms with Crippen molar-refractivity contribution >= 4 is 28.9 Å². The summed E-state index contributed by atoms with van der Waals surface area (Å²) in [6.45, 7) is 5.38. The van der Waals surface area contributed by atoms with Gasteiger partial charge in [0.15, 0.2) is 10.8 Å². The maximum absolute atomic E-state index is 10.7. The second-order valence-corrected chi connectivity index (χ2v) is 5.21. The van der Waals surface area contributed by atoms with Crippen LogP contribution >= 0.6 is 11.8 Å². The van der Waals surface area contributed by atoms with Gasteiger partial charge in [0.1, 0.15) is 5.52 Å². The predicted molar refractivity (Wildman–Crippen MR) is 81.5 cm³/mol. The van der Waals surface area contributed by atoms with E-state index in [1.807, 2.05) is 22.8 Å². The van der Waals surface area contributed by atoms with Gasteiger partial charge < -0.3 is 14.4 Å². The molecule has 2 aromatic rings. The Balaban J connectivity index is 2.11. The summed E-state index contributed by atoms with van der Waals surface area (Å²) in [4.78, 5) is 19.5. The number of aromatic nitrogens is 3. The number of hydrogen-bond donors (Lipinski definition) is 1. The molecule has 2 rings (SSSR count). The summed E-state index contributed by atoms with van der Waals surface area (Å²) in [6, 6.07) is 3.67. The molecule has 6 nitrogen and oxygen atoms in total. The molecule has 0 aliphatic heterocycles. The number of carbonyl (C=O) groups is 1. The molecule has 0 aromatic carbocycles. The summed E-state index contributed by atoms with van der Waals surface area (Å²) >= 11 is 1.19. The third-order valence-electron chi connectivity index (χ3n) is 2.72. The first-order valence-corrected chi connectivity index (χ1v) is 7.55. The lowest BCUT2D eigenvalue weighted by molar-refractivity contribution is -0.133. The van der Waals surface area contributed by atoms with E-state index < -0.39 is 5.97 Å². The van der Waals surface area contributed by atoms with E-state index in [9.17, 15) is 4.79 Å². The van der Waals surface area contributed by atoms with E-state index in [0.29, 0.717) is 24.9 Å². The first kappa shape index (κ1) is 15.5. The molecule has 0 atom stereocenters. The van der Waals surface area contributed by atoms with Gasteiger partial charge in [-0.3, -0.25) is 4.79 Å². The Hall–Kier alpha value is -1.86. The predicted octanol–water partition coefficient (Wildman–Crippen LogP) is 2.20.